The van der Waals surface area contributed by atoms with Crippen LogP contribution < -0.4 is 5.32 Å². The molecular formula is C12H13IN2S. The fourth-order valence-corrected chi connectivity index (χ4v) is 2.59. The fraction of sp³-hybridized carbons (Fsp3) is 0.250. The Morgan fingerprint density at radius 1 is 1.44 bits per heavy atom. The molecule has 1 unspecified atom stereocenters. The Labute approximate surface area is 113 Å². The Hall–Kier alpha value is -0.620. The molecule has 1 aromatic carbocycles. The topological polar surface area (TPSA) is 24.9 Å². The number of aromatic nitrogens is 1. The standard InChI is InChI=1S/C12H13IN2S/c1-8-3-4-10(5-11(8)13)15-9(2)12-6-14-7-16-12/h3-7,9,15H,1-2H3. The molecule has 0 bridgehead atoms. The van der Waals surface area contributed by atoms with Crippen LogP contribution in [0.15, 0.2) is 29.9 Å². The minimum atomic E-state index is 0.311. The molecule has 1 N–H and O–H groups in total. The van der Waals surface area contributed by atoms with E-state index in [2.05, 4.69) is 64.9 Å². The Balaban J connectivity index is 2.12. The summed E-state index contributed by atoms with van der Waals surface area (Å²) in [6.07, 6.45) is 1.92. The lowest BCUT2D eigenvalue weighted by molar-refractivity contribution is 0.903. The molecule has 0 aliphatic carbocycles. The van der Waals surface area contributed by atoms with Crippen LogP contribution in [0.4, 0.5) is 5.69 Å². The minimum Gasteiger partial charge on any atom is -0.378 e. The van der Waals surface area contributed by atoms with Crippen molar-refractivity contribution in [2.75, 3.05) is 5.32 Å². The number of thiazole rings is 1. The lowest BCUT2D eigenvalue weighted by atomic mass is 10.2. The van der Waals surface area contributed by atoms with Crippen molar-refractivity contribution in [3.05, 3.63) is 43.9 Å². The number of nitrogens with zero attached hydrogens (tertiary/aromatic N) is 1. The molecule has 1 atom stereocenters. The van der Waals surface area contributed by atoms with E-state index in [1.54, 1.807) is 11.3 Å². The molecular weight excluding hydrogens is 331 g/mol. The zero-order valence-electron chi connectivity index (χ0n) is 9.20. The van der Waals surface area contributed by atoms with Gasteiger partial charge in [-0.2, -0.15) is 0 Å². The molecule has 84 valence electrons. The van der Waals surface area contributed by atoms with Crippen LogP contribution in [0, 0.1) is 10.5 Å². The number of nitrogens with one attached hydrogen (secondary N) is 1. The van der Waals surface area contributed by atoms with Gasteiger partial charge < -0.3 is 5.32 Å². The van der Waals surface area contributed by atoms with Gasteiger partial charge in [0.15, 0.2) is 0 Å². The summed E-state index contributed by atoms with van der Waals surface area (Å²) in [5, 5.41) is 3.48. The van der Waals surface area contributed by atoms with E-state index in [0.29, 0.717) is 6.04 Å². The van der Waals surface area contributed by atoms with Crippen LogP contribution in [0.1, 0.15) is 23.4 Å². The largest absolute Gasteiger partial charge is 0.378 e. The molecule has 2 nitrogen and oxygen atoms in total. The Morgan fingerprint density at radius 3 is 2.88 bits per heavy atom. The van der Waals surface area contributed by atoms with Crippen LogP contribution in [0.2, 0.25) is 0 Å². The number of rotatable bonds is 3. The normalized spacial score (nSPS) is 12.4. The predicted molar refractivity (Wildman–Crippen MR) is 78.0 cm³/mol. The molecule has 4 heteroatoms. The van der Waals surface area contributed by atoms with Gasteiger partial charge in [-0.1, -0.05) is 6.07 Å². The van der Waals surface area contributed by atoms with Gasteiger partial charge in [0, 0.05) is 20.3 Å². The number of halogens is 1. The summed E-state index contributed by atoms with van der Waals surface area (Å²) >= 11 is 4.04. The summed E-state index contributed by atoms with van der Waals surface area (Å²) in [7, 11) is 0. The van der Waals surface area contributed by atoms with Gasteiger partial charge >= 0.3 is 0 Å². The highest BCUT2D eigenvalue weighted by molar-refractivity contribution is 14.1. The first-order chi connectivity index (χ1) is 7.66. The van der Waals surface area contributed by atoms with Crippen LogP contribution in [-0.2, 0) is 0 Å². The molecule has 2 aromatic rings. The molecule has 0 saturated carbocycles. The van der Waals surface area contributed by atoms with E-state index in [9.17, 15) is 0 Å². The van der Waals surface area contributed by atoms with E-state index < -0.39 is 0 Å². The van der Waals surface area contributed by atoms with Gasteiger partial charge in [0.1, 0.15) is 0 Å². The average Bonchev–Trinajstić information content (AvgIpc) is 2.77. The highest BCUT2D eigenvalue weighted by Crippen LogP contribution is 2.24. The van der Waals surface area contributed by atoms with Gasteiger partial charge in [-0.25, -0.2) is 0 Å². The van der Waals surface area contributed by atoms with Crippen LogP contribution >= 0.6 is 33.9 Å². The van der Waals surface area contributed by atoms with E-state index in [4.69, 9.17) is 0 Å². The van der Waals surface area contributed by atoms with E-state index in [-0.39, 0.29) is 0 Å². The fourth-order valence-electron chi connectivity index (χ4n) is 1.44. The van der Waals surface area contributed by atoms with Crippen molar-refractivity contribution in [1.82, 2.24) is 4.98 Å². The van der Waals surface area contributed by atoms with E-state index in [0.717, 1.165) is 5.69 Å². The molecule has 0 saturated heterocycles. The third-order valence-electron chi connectivity index (χ3n) is 2.43. The van der Waals surface area contributed by atoms with Crippen molar-refractivity contribution in [3.8, 4) is 0 Å². The summed E-state index contributed by atoms with van der Waals surface area (Å²) in [5.74, 6) is 0. The number of hydrogen-bond donors (Lipinski definition) is 1. The minimum absolute atomic E-state index is 0.311. The second kappa shape index (κ2) is 5.14. The summed E-state index contributed by atoms with van der Waals surface area (Å²) < 4.78 is 1.29. The maximum Gasteiger partial charge on any atom is 0.0795 e. The first kappa shape index (κ1) is 11.9. The third kappa shape index (κ3) is 2.74. The molecule has 0 aliphatic heterocycles. The van der Waals surface area contributed by atoms with Crippen LogP contribution in [-0.4, -0.2) is 4.98 Å². The van der Waals surface area contributed by atoms with Crippen LogP contribution in [0.5, 0.6) is 0 Å². The van der Waals surface area contributed by atoms with Gasteiger partial charge in [0.25, 0.3) is 0 Å². The maximum atomic E-state index is 4.09. The maximum absolute atomic E-state index is 4.09. The SMILES string of the molecule is Cc1ccc(NC(C)c2cncs2)cc1I. The van der Waals surface area contributed by atoms with Crippen molar-refractivity contribution in [3.63, 3.8) is 0 Å². The molecule has 0 spiro atoms. The summed E-state index contributed by atoms with van der Waals surface area (Å²) in [4.78, 5) is 5.35. The zero-order chi connectivity index (χ0) is 11.5. The lowest BCUT2D eigenvalue weighted by Gasteiger charge is -2.14. The van der Waals surface area contributed by atoms with Crippen molar-refractivity contribution >= 4 is 39.6 Å². The number of hydrogen-bond acceptors (Lipinski definition) is 3. The zero-order valence-corrected chi connectivity index (χ0v) is 12.2. The van der Waals surface area contributed by atoms with Crippen LogP contribution in [0.3, 0.4) is 0 Å². The molecule has 0 aliphatic rings. The number of anilines is 1. The molecule has 1 heterocycles. The van der Waals surface area contributed by atoms with Gasteiger partial charge in [0.2, 0.25) is 0 Å². The highest BCUT2D eigenvalue weighted by atomic mass is 127. The molecule has 0 fully saturated rings. The van der Waals surface area contributed by atoms with Crippen molar-refractivity contribution in [1.29, 1.82) is 0 Å². The molecule has 16 heavy (non-hydrogen) atoms. The predicted octanol–water partition coefficient (Wildman–Crippen LogP) is 4.23. The van der Waals surface area contributed by atoms with E-state index >= 15 is 0 Å². The molecule has 2 rings (SSSR count). The smallest absolute Gasteiger partial charge is 0.0795 e. The first-order valence-electron chi connectivity index (χ1n) is 5.08. The Kier molecular flexibility index (Phi) is 3.81. The second-order valence-electron chi connectivity index (χ2n) is 3.73. The lowest BCUT2D eigenvalue weighted by Crippen LogP contribution is -2.05. The summed E-state index contributed by atoms with van der Waals surface area (Å²) in [6, 6.07) is 6.75. The monoisotopic (exact) mass is 344 g/mol. The van der Waals surface area contributed by atoms with Gasteiger partial charge in [-0.3, -0.25) is 4.98 Å². The van der Waals surface area contributed by atoms with Crippen molar-refractivity contribution < 1.29 is 0 Å². The quantitative estimate of drug-likeness (QED) is 0.843. The van der Waals surface area contributed by atoms with E-state index in [1.165, 1.54) is 14.0 Å². The third-order valence-corrected chi connectivity index (χ3v) is 4.55. The van der Waals surface area contributed by atoms with Gasteiger partial charge in [0.05, 0.1) is 11.6 Å². The summed E-state index contributed by atoms with van der Waals surface area (Å²) in [6.45, 7) is 4.28. The molecule has 0 amide bonds. The summed E-state index contributed by atoms with van der Waals surface area (Å²) in [5.41, 5.74) is 4.35. The number of aryl methyl sites for hydroxylation is 1. The Bertz CT molecular complexity index is 468. The molecule has 1 aromatic heterocycles. The first-order valence-corrected chi connectivity index (χ1v) is 7.04. The Morgan fingerprint density at radius 2 is 2.25 bits per heavy atom. The average molecular weight is 344 g/mol. The van der Waals surface area contributed by atoms with Crippen molar-refractivity contribution in [2.45, 2.75) is 19.9 Å². The van der Waals surface area contributed by atoms with E-state index in [1.807, 2.05) is 11.7 Å². The highest BCUT2D eigenvalue weighted by Gasteiger charge is 2.07. The van der Waals surface area contributed by atoms with Gasteiger partial charge in [-0.15, -0.1) is 11.3 Å². The van der Waals surface area contributed by atoms with Gasteiger partial charge in [-0.05, 0) is 54.1 Å². The molecule has 0 radical (unpaired) electrons. The van der Waals surface area contributed by atoms with Crippen LogP contribution in [0.25, 0.3) is 0 Å². The van der Waals surface area contributed by atoms with Crippen molar-refractivity contribution in [2.24, 2.45) is 0 Å². The number of benzene rings is 1. The second-order valence-corrected chi connectivity index (χ2v) is 5.81.